The molecule has 3 nitrogen and oxygen atoms in total. The van der Waals surface area contributed by atoms with Crippen LogP contribution in [0.5, 0.6) is 0 Å². The van der Waals surface area contributed by atoms with Gasteiger partial charge in [-0.15, -0.1) is 0 Å². The number of carbonyl (C=O) groups excluding carboxylic acids is 1. The molecule has 1 aromatic rings. The number of hydrogen-bond donors (Lipinski definition) is 2. The van der Waals surface area contributed by atoms with Crippen LogP contribution in [0.15, 0.2) is 30.3 Å². The normalized spacial score (nSPS) is 10.5. The molecule has 0 aliphatic heterocycles. The van der Waals surface area contributed by atoms with Gasteiger partial charge in [0.1, 0.15) is 0 Å². The molecule has 0 bridgehead atoms. The highest BCUT2D eigenvalue weighted by atomic mass is 16.2. The van der Waals surface area contributed by atoms with Crippen molar-refractivity contribution in [3.05, 3.63) is 35.9 Å². The zero-order valence-corrected chi connectivity index (χ0v) is 11.6. The van der Waals surface area contributed by atoms with E-state index in [1.54, 1.807) is 0 Å². The molecule has 0 aliphatic carbocycles. The second kappa shape index (κ2) is 7.60. The van der Waals surface area contributed by atoms with Crippen molar-refractivity contribution in [1.82, 2.24) is 5.32 Å². The van der Waals surface area contributed by atoms with E-state index in [0.29, 0.717) is 6.54 Å². The van der Waals surface area contributed by atoms with E-state index in [4.69, 9.17) is 5.11 Å². The fourth-order valence-corrected chi connectivity index (χ4v) is 1.66. The van der Waals surface area contributed by atoms with Crippen LogP contribution in [-0.2, 0) is 4.79 Å². The Morgan fingerprint density at radius 1 is 1.32 bits per heavy atom. The Kier molecular flexibility index (Phi) is 6.11. The van der Waals surface area contributed by atoms with E-state index in [9.17, 15) is 4.79 Å². The monoisotopic (exact) mass is 259 g/mol. The zero-order valence-electron chi connectivity index (χ0n) is 11.6. The number of amides is 1. The molecule has 0 unspecified atom stereocenters. The number of aliphatic hydroxyl groups is 1. The van der Waals surface area contributed by atoms with E-state index < -0.39 is 0 Å². The van der Waals surface area contributed by atoms with E-state index >= 15 is 0 Å². The molecule has 0 spiro atoms. The van der Waals surface area contributed by atoms with Gasteiger partial charge in [0.05, 0.1) is 0 Å². The fourth-order valence-electron chi connectivity index (χ4n) is 1.66. The Hall–Kier alpha value is -1.79. The molecular weight excluding hydrogens is 238 g/mol. The largest absolute Gasteiger partial charge is 0.396 e. The first-order valence-corrected chi connectivity index (χ1v) is 6.49. The number of aliphatic hydroxyl groups excluding tert-OH is 1. The Bertz CT molecular complexity index is 455. The minimum atomic E-state index is -0.263. The number of nitrogens with one attached hydrogen (secondary N) is 1. The van der Waals surface area contributed by atoms with Gasteiger partial charge in [-0.2, -0.15) is 0 Å². The summed E-state index contributed by atoms with van der Waals surface area (Å²) in [6.07, 6.45) is 1.62. The number of rotatable bonds is 5. The van der Waals surface area contributed by atoms with Crippen LogP contribution in [0, 0.1) is 17.3 Å². The first-order valence-electron chi connectivity index (χ1n) is 6.49. The molecule has 1 rings (SSSR count). The maximum absolute atomic E-state index is 11.6. The van der Waals surface area contributed by atoms with Crippen LogP contribution in [0.4, 0.5) is 0 Å². The van der Waals surface area contributed by atoms with Gasteiger partial charge in [0.25, 0.3) is 5.91 Å². The molecule has 1 amide bonds. The highest BCUT2D eigenvalue weighted by molar-refractivity contribution is 5.94. The summed E-state index contributed by atoms with van der Waals surface area (Å²) in [5.74, 6) is 5.14. The second-order valence-corrected chi connectivity index (χ2v) is 5.29. The van der Waals surface area contributed by atoms with Gasteiger partial charge in [-0.1, -0.05) is 38.0 Å². The molecule has 1 aromatic carbocycles. The summed E-state index contributed by atoms with van der Waals surface area (Å²) in [6.45, 7) is 4.88. The lowest BCUT2D eigenvalue weighted by molar-refractivity contribution is -0.116. The molecule has 0 atom stereocenters. The predicted octanol–water partition coefficient (Wildman–Crippen LogP) is 1.95. The molecule has 0 heterocycles. The molecule has 3 heteroatoms. The molecule has 102 valence electrons. The molecule has 0 aromatic heterocycles. The van der Waals surface area contributed by atoms with Crippen molar-refractivity contribution < 1.29 is 9.90 Å². The van der Waals surface area contributed by atoms with Crippen molar-refractivity contribution in [2.24, 2.45) is 5.41 Å². The molecule has 0 fully saturated rings. The van der Waals surface area contributed by atoms with Crippen LogP contribution >= 0.6 is 0 Å². The van der Waals surface area contributed by atoms with E-state index in [0.717, 1.165) is 18.4 Å². The van der Waals surface area contributed by atoms with Crippen molar-refractivity contribution in [3.8, 4) is 11.8 Å². The zero-order chi connectivity index (χ0) is 14.1. The summed E-state index contributed by atoms with van der Waals surface area (Å²) in [4.78, 5) is 11.6. The van der Waals surface area contributed by atoms with Crippen molar-refractivity contribution in [1.29, 1.82) is 0 Å². The van der Waals surface area contributed by atoms with Crippen molar-refractivity contribution in [2.45, 2.75) is 26.7 Å². The van der Waals surface area contributed by atoms with Gasteiger partial charge in [-0.25, -0.2) is 0 Å². The lowest BCUT2D eigenvalue weighted by Crippen LogP contribution is -2.33. The van der Waals surface area contributed by atoms with Crippen molar-refractivity contribution >= 4 is 5.91 Å². The topological polar surface area (TPSA) is 49.3 Å². The first kappa shape index (κ1) is 15.3. The van der Waals surface area contributed by atoms with Crippen LogP contribution in [0.3, 0.4) is 0 Å². The smallest absolute Gasteiger partial charge is 0.296 e. The molecular formula is C16H21NO2. The highest BCUT2D eigenvalue weighted by Gasteiger charge is 2.17. The average Bonchev–Trinajstić information content (AvgIpc) is 2.42. The highest BCUT2D eigenvalue weighted by Crippen LogP contribution is 2.20. The van der Waals surface area contributed by atoms with Crippen molar-refractivity contribution in [3.63, 3.8) is 0 Å². The minimum Gasteiger partial charge on any atom is -0.396 e. The first-order chi connectivity index (χ1) is 9.03. The van der Waals surface area contributed by atoms with Gasteiger partial charge in [-0.05, 0) is 30.4 Å². The third-order valence-corrected chi connectivity index (χ3v) is 2.83. The predicted molar refractivity (Wildman–Crippen MR) is 76.4 cm³/mol. The average molecular weight is 259 g/mol. The number of benzene rings is 1. The summed E-state index contributed by atoms with van der Waals surface area (Å²) in [5, 5.41) is 11.6. The SMILES string of the molecule is CC(C)(CCCO)CNC(=O)C#Cc1ccccc1. The van der Waals surface area contributed by atoms with Gasteiger partial charge in [0.2, 0.25) is 0 Å². The van der Waals surface area contributed by atoms with E-state index in [1.807, 2.05) is 30.3 Å². The van der Waals surface area contributed by atoms with Crippen LogP contribution in [0.25, 0.3) is 0 Å². The van der Waals surface area contributed by atoms with E-state index in [1.165, 1.54) is 0 Å². The standard InChI is InChI=1S/C16H21NO2/c1-16(2,11-6-12-18)13-17-15(19)10-9-14-7-4-3-5-8-14/h3-5,7-8,18H,6,11-13H2,1-2H3,(H,17,19). The molecule has 2 N–H and O–H groups in total. The van der Waals surface area contributed by atoms with Gasteiger partial charge in [0.15, 0.2) is 0 Å². The Morgan fingerprint density at radius 2 is 2.00 bits per heavy atom. The summed E-state index contributed by atoms with van der Waals surface area (Å²) >= 11 is 0. The summed E-state index contributed by atoms with van der Waals surface area (Å²) < 4.78 is 0. The maximum atomic E-state index is 11.6. The van der Waals surface area contributed by atoms with Crippen LogP contribution in [0.1, 0.15) is 32.3 Å². The minimum absolute atomic E-state index is 0.0210. The molecule has 0 saturated heterocycles. The van der Waals surface area contributed by atoms with Crippen LogP contribution < -0.4 is 5.32 Å². The fraction of sp³-hybridized carbons (Fsp3) is 0.438. The lowest BCUT2D eigenvalue weighted by Gasteiger charge is -2.23. The Morgan fingerprint density at radius 3 is 2.63 bits per heavy atom. The third kappa shape index (κ3) is 6.64. The van der Waals surface area contributed by atoms with Crippen molar-refractivity contribution in [2.75, 3.05) is 13.2 Å². The van der Waals surface area contributed by atoms with Gasteiger partial charge in [-0.3, -0.25) is 4.79 Å². The van der Waals surface area contributed by atoms with Crippen LogP contribution in [0.2, 0.25) is 0 Å². The summed E-state index contributed by atoms with van der Waals surface area (Å²) in [5.41, 5.74) is 0.810. The molecule has 19 heavy (non-hydrogen) atoms. The summed E-state index contributed by atoms with van der Waals surface area (Å²) in [7, 11) is 0. The van der Waals surface area contributed by atoms with Crippen LogP contribution in [-0.4, -0.2) is 24.2 Å². The Labute approximate surface area is 115 Å². The number of hydrogen-bond acceptors (Lipinski definition) is 2. The Balaban J connectivity index is 2.42. The van der Waals surface area contributed by atoms with E-state index in [-0.39, 0.29) is 17.9 Å². The lowest BCUT2D eigenvalue weighted by atomic mass is 9.88. The molecule has 0 aliphatic rings. The third-order valence-electron chi connectivity index (χ3n) is 2.83. The van der Waals surface area contributed by atoms with Gasteiger partial charge in [0, 0.05) is 24.6 Å². The summed E-state index contributed by atoms with van der Waals surface area (Å²) in [6, 6.07) is 9.42. The quantitative estimate of drug-likeness (QED) is 0.794. The van der Waals surface area contributed by atoms with Gasteiger partial charge >= 0.3 is 0 Å². The molecule has 0 saturated carbocycles. The van der Waals surface area contributed by atoms with E-state index in [2.05, 4.69) is 31.0 Å². The maximum Gasteiger partial charge on any atom is 0.296 e. The second-order valence-electron chi connectivity index (χ2n) is 5.29. The number of carbonyl (C=O) groups is 1. The van der Waals surface area contributed by atoms with Gasteiger partial charge < -0.3 is 10.4 Å². The molecule has 0 radical (unpaired) electrons.